The van der Waals surface area contributed by atoms with Crippen molar-refractivity contribution in [2.75, 3.05) is 13.2 Å². The van der Waals surface area contributed by atoms with Crippen LogP contribution < -0.4 is 0 Å². The highest BCUT2D eigenvalue weighted by molar-refractivity contribution is 7.84. The van der Waals surface area contributed by atoms with Gasteiger partial charge < -0.3 is 4.18 Å². The maximum absolute atomic E-state index is 12.9. The molecule has 0 spiro atoms. The first-order chi connectivity index (χ1) is 10.4. The van der Waals surface area contributed by atoms with E-state index in [1.165, 1.54) is 0 Å². The van der Waals surface area contributed by atoms with E-state index in [2.05, 4.69) is 19.0 Å². The van der Waals surface area contributed by atoms with E-state index in [1.807, 2.05) is 43.3 Å². The summed E-state index contributed by atoms with van der Waals surface area (Å²) in [4.78, 5) is 0. The Morgan fingerprint density at radius 3 is 2.82 bits per heavy atom. The fourth-order valence-corrected chi connectivity index (χ4v) is 4.35. The van der Waals surface area contributed by atoms with Crippen LogP contribution in [0.4, 0.5) is 0 Å². The number of fused-ring (bicyclic) bond motifs is 1. The zero-order chi connectivity index (χ0) is 16.3. The number of rotatable bonds is 5. The summed E-state index contributed by atoms with van der Waals surface area (Å²) >= 11 is 3.80. The zero-order valence-corrected chi connectivity index (χ0v) is 14.9. The minimum absolute atomic E-state index is 0.0619. The fourth-order valence-electron chi connectivity index (χ4n) is 2.87. The zero-order valence-electron chi connectivity index (χ0n) is 13.2. The lowest BCUT2D eigenvalue weighted by Crippen LogP contribution is -2.41. The van der Waals surface area contributed by atoms with Crippen molar-refractivity contribution in [3.05, 3.63) is 34.9 Å². The number of hydrogen-bond acceptors (Lipinski definition) is 4. The normalized spacial score (nSPS) is 19.0. The Morgan fingerprint density at radius 1 is 1.50 bits per heavy atom. The molecule has 0 saturated heterocycles. The van der Waals surface area contributed by atoms with Crippen molar-refractivity contribution >= 4 is 23.9 Å². The average Bonchev–Trinajstić information content (AvgIpc) is 2.90. The molecular weight excluding hydrogens is 316 g/mol. The maximum atomic E-state index is 12.9. The topological polar surface area (TPSA) is 53.3 Å². The smallest absolute Gasteiger partial charge is 0.100 e. The number of nitriles is 1. The third-order valence-electron chi connectivity index (χ3n) is 3.85. The monoisotopic (exact) mass is 338 g/mol. The van der Waals surface area contributed by atoms with E-state index in [1.54, 1.807) is 0 Å². The van der Waals surface area contributed by atoms with Gasteiger partial charge in [-0.3, -0.25) is 0 Å². The first-order valence-electron chi connectivity index (χ1n) is 7.37. The van der Waals surface area contributed by atoms with Gasteiger partial charge in [0.05, 0.1) is 23.0 Å². The van der Waals surface area contributed by atoms with Crippen molar-refractivity contribution in [1.82, 2.24) is 4.31 Å². The highest BCUT2D eigenvalue weighted by atomic mass is 32.2. The standard InChI is InChI=1S/C16H22N2O2S2/c1-16(2,3)22(19)18(9-10-20-21)15-8-7-13-12(11-17)5-4-6-14(13)15/h4-6,15,21H,7-10H2,1-3H3/t15-,22?/m0/s1. The SMILES string of the molecule is CC(C)(C)S(=O)N(CCOS)[C@H]1CCc2c(C#N)cccc21. The Bertz CT molecular complexity index is 605. The molecule has 120 valence electrons. The van der Waals surface area contributed by atoms with Gasteiger partial charge in [-0.15, -0.1) is 0 Å². The van der Waals surface area contributed by atoms with Crippen molar-refractivity contribution in [2.45, 2.75) is 44.4 Å². The highest BCUT2D eigenvalue weighted by Crippen LogP contribution is 2.39. The number of nitrogens with zero attached hydrogens (tertiary/aromatic N) is 2. The molecule has 0 bridgehead atoms. The van der Waals surface area contributed by atoms with Gasteiger partial charge in [0, 0.05) is 12.6 Å². The lowest BCUT2D eigenvalue weighted by Gasteiger charge is -2.33. The van der Waals surface area contributed by atoms with Crippen molar-refractivity contribution in [1.29, 1.82) is 5.26 Å². The summed E-state index contributed by atoms with van der Waals surface area (Å²) in [6.45, 7) is 6.88. The Balaban J connectivity index is 2.36. The quantitative estimate of drug-likeness (QED) is 0.663. The summed E-state index contributed by atoms with van der Waals surface area (Å²) in [7, 11) is -1.15. The molecule has 0 fully saturated rings. The third kappa shape index (κ3) is 3.54. The molecule has 0 aromatic heterocycles. The summed E-state index contributed by atoms with van der Waals surface area (Å²) in [6, 6.07) is 8.12. The predicted octanol–water partition coefficient (Wildman–Crippen LogP) is 3.17. The van der Waals surface area contributed by atoms with Crippen LogP contribution in [0.15, 0.2) is 18.2 Å². The molecule has 0 N–H and O–H groups in total. The van der Waals surface area contributed by atoms with Gasteiger partial charge in [0.15, 0.2) is 0 Å². The van der Waals surface area contributed by atoms with E-state index >= 15 is 0 Å². The molecule has 1 aliphatic rings. The van der Waals surface area contributed by atoms with Crippen LogP contribution in [0.3, 0.4) is 0 Å². The molecule has 4 nitrogen and oxygen atoms in total. The molecule has 0 saturated carbocycles. The van der Waals surface area contributed by atoms with E-state index in [0.717, 1.165) is 29.5 Å². The lowest BCUT2D eigenvalue weighted by molar-refractivity contribution is 0.271. The Kier molecular flexibility index (Phi) is 5.67. The van der Waals surface area contributed by atoms with Crippen LogP contribution in [0, 0.1) is 11.3 Å². The second kappa shape index (κ2) is 7.14. The third-order valence-corrected chi connectivity index (χ3v) is 5.94. The van der Waals surface area contributed by atoms with Gasteiger partial charge in [-0.25, -0.2) is 8.51 Å². The van der Waals surface area contributed by atoms with Crippen LogP contribution in [0.1, 0.15) is 49.9 Å². The first kappa shape index (κ1) is 17.5. The largest absolute Gasteiger partial charge is 0.317 e. The summed E-state index contributed by atoms with van der Waals surface area (Å²) in [5.41, 5.74) is 2.94. The van der Waals surface area contributed by atoms with Gasteiger partial charge >= 0.3 is 0 Å². The highest BCUT2D eigenvalue weighted by Gasteiger charge is 2.36. The van der Waals surface area contributed by atoms with Crippen molar-refractivity contribution in [3.63, 3.8) is 0 Å². The number of hydrogen-bond donors (Lipinski definition) is 1. The summed E-state index contributed by atoms with van der Waals surface area (Å²) in [5, 5.41) is 9.25. The van der Waals surface area contributed by atoms with Crippen LogP contribution in [0.5, 0.6) is 0 Å². The van der Waals surface area contributed by atoms with Crippen LogP contribution in [-0.4, -0.2) is 26.4 Å². The second-order valence-corrected chi connectivity index (χ2v) is 8.83. The van der Waals surface area contributed by atoms with E-state index in [4.69, 9.17) is 4.18 Å². The molecule has 1 aromatic rings. The van der Waals surface area contributed by atoms with Crippen molar-refractivity contribution < 1.29 is 8.39 Å². The van der Waals surface area contributed by atoms with Crippen LogP contribution in [-0.2, 0) is 21.6 Å². The molecule has 1 aromatic carbocycles. The van der Waals surface area contributed by atoms with E-state index in [-0.39, 0.29) is 10.8 Å². The van der Waals surface area contributed by atoms with Gasteiger partial charge in [-0.1, -0.05) is 12.1 Å². The van der Waals surface area contributed by atoms with Gasteiger partial charge in [0.25, 0.3) is 0 Å². The molecule has 0 heterocycles. The van der Waals surface area contributed by atoms with Gasteiger partial charge in [-0.05, 0) is 63.7 Å². The molecule has 0 radical (unpaired) electrons. The summed E-state index contributed by atoms with van der Waals surface area (Å²) < 4.78 is 19.5. The van der Waals surface area contributed by atoms with Gasteiger partial charge in [0.2, 0.25) is 0 Å². The van der Waals surface area contributed by atoms with Crippen LogP contribution in [0.25, 0.3) is 0 Å². The average molecular weight is 338 g/mol. The predicted molar refractivity (Wildman–Crippen MR) is 91.8 cm³/mol. The van der Waals surface area contributed by atoms with E-state index in [9.17, 15) is 9.47 Å². The van der Waals surface area contributed by atoms with Crippen LogP contribution >= 0.6 is 12.9 Å². The Hall–Kier alpha value is -0.870. The first-order valence-corrected chi connectivity index (χ1v) is 8.84. The molecule has 1 aliphatic carbocycles. The molecule has 6 heteroatoms. The minimum Gasteiger partial charge on any atom is -0.317 e. The lowest BCUT2D eigenvalue weighted by atomic mass is 10.0. The molecule has 1 unspecified atom stereocenters. The number of benzene rings is 1. The molecule has 2 atom stereocenters. The van der Waals surface area contributed by atoms with E-state index < -0.39 is 11.0 Å². The summed E-state index contributed by atoms with van der Waals surface area (Å²) in [5.74, 6) is 0. The second-order valence-electron chi connectivity index (χ2n) is 6.38. The Labute approximate surface area is 140 Å². The molecule has 0 aliphatic heterocycles. The number of thiol groups is 1. The minimum atomic E-state index is -1.15. The molecule has 2 rings (SSSR count). The van der Waals surface area contributed by atoms with Crippen molar-refractivity contribution in [2.24, 2.45) is 0 Å². The maximum Gasteiger partial charge on any atom is 0.100 e. The van der Waals surface area contributed by atoms with Gasteiger partial charge in [-0.2, -0.15) is 5.26 Å². The van der Waals surface area contributed by atoms with Crippen molar-refractivity contribution in [3.8, 4) is 6.07 Å². The molecule has 0 amide bonds. The Morgan fingerprint density at radius 2 is 2.23 bits per heavy atom. The summed E-state index contributed by atoms with van der Waals surface area (Å²) in [6.07, 6.45) is 1.73. The molecular formula is C16H22N2O2S2. The van der Waals surface area contributed by atoms with Gasteiger partial charge in [0.1, 0.15) is 11.0 Å². The van der Waals surface area contributed by atoms with Crippen LogP contribution in [0.2, 0.25) is 0 Å². The fraction of sp³-hybridized carbons (Fsp3) is 0.562. The van der Waals surface area contributed by atoms with E-state index in [0.29, 0.717) is 13.2 Å². The molecule has 22 heavy (non-hydrogen) atoms.